The highest BCUT2D eigenvalue weighted by molar-refractivity contribution is 6.32. The molecule has 0 amide bonds. The van der Waals surface area contributed by atoms with Gasteiger partial charge in [-0.3, -0.25) is 0 Å². The molecule has 4 heteroatoms. The molecule has 2 N–H and O–H groups in total. The lowest BCUT2D eigenvalue weighted by atomic mass is 10.2. The molecule has 0 spiro atoms. The van der Waals surface area contributed by atoms with Crippen LogP contribution in [0.1, 0.15) is 25.8 Å². The van der Waals surface area contributed by atoms with Crippen molar-refractivity contribution in [1.82, 2.24) is 9.78 Å². The first-order valence-electron chi connectivity index (χ1n) is 4.18. The molecule has 0 saturated heterocycles. The Morgan fingerprint density at radius 1 is 1.75 bits per heavy atom. The van der Waals surface area contributed by atoms with Gasteiger partial charge in [0.05, 0.1) is 17.9 Å². The van der Waals surface area contributed by atoms with E-state index in [1.807, 2.05) is 4.68 Å². The van der Waals surface area contributed by atoms with Gasteiger partial charge in [0.15, 0.2) is 0 Å². The van der Waals surface area contributed by atoms with Crippen LogP contribution in [-0.4, -0.2) is 9.78 Å². The number of nitrogens with two attached hydrogens (primary N) is 1. The Kier molecular flexibility index (Phi) is 1.76. The molecule has 3 nitrogen and oxygen atoms in total. The highest BCUT2D eigenvalue weighted by Gasteiger charge is 2.30. The zero-order chi connectivity index (χ0) is 8.72. The number of hydrogen-bond donors (Lipinski definition) is 1. The van der Waals surface area contributed by atoms with Gasteiger partial charge in [-0.1, -0.05) is 11.6 Å². The molecule has 1 aromatic rings. The monoisotopic (exact) mass is 185 g/mol. The van der Waals surface area contributed by atoms with Crippen molar-refractivity contribution in [2.45, 2.75) is 25.8 Å². The standard InChI is InChI=1S/C8H12ClN3/c1-5(6-2-3-6)12-8(9)7(10)4-11-12/h4-6H,2-3,10H2,1H3. The number of nitrogens with zero attached hydrogens (tertiary/aromatic N) is 2. The van der Waals surface area contributed by atoms with Crippen molar-refractivity contribution >= 4 is 17.3 Å². The van der Waals surface area contributed by atoms with Crippen LogP contribution in [0.3, 0.4) is 0 Å². The second-order valence-corrected chi connectivity index (χ2v) is 3.77. The maximum Gasteiger partial charge on any atom is 0.150 e. The first kappa shape index (κ1) is 7.92. The van der Waals surface area contributed by atoms with Gasteiger partial charge in [-0.05, 0) is 25.7 Å². The van der Waals surface area contributed by atoms with E-state index in [1.165, 1.54) is 12.8 Å². The quantitative estimate of drug-likeness (QED) is 0.767. The van der Waals surface area contributed by atoms with Crippen molar-refractivity contribution in [3.05, 3.63) is 11.3 Å². The fourth-order valence-electron chi connectivity index (χ4n) is 1.42. The molecular formula is C8H12ClN3. The predicted molar refractivity (Wildman–Crippen MR) is 49.1 cm³/mol. The Labute approximate surface area is 76.5 Å². The Morgan fingerprint density at radius 2 is 2.42 bits per heavy atom. The lowest BCUT2D eigenvalue weighted by Crippen LogP contribution is -2.08. The van der Waals surface area contributed by atoms with Gasteiger partial charge in [-0.2, -0.15) is 5.10 Å². The number of anilines is 1. The Morgan fingerprint density at radius 3 is 2.83 bits per heavy atom. The summed E-state index contributed by atoms with van der Waals surface area (Å²) in [6.45, 7) is 2.13. The minimum Gasteiger partial charge on any atom is -0.395 e. The van der Waals surface area contributed by atoms with E-state index in [1.54, 1.807) is 6.20 Å². The summed E-state index contributed by atoms with van der Waals surface area (Å²) < 4.78 is 1.81. The maximum atomic E-state index is 5.95. The SMILES string of the molecule is CC(C1CC1)n1ncc(N)c1Cl. The molecule has 1 fully saturated rings. The molecule has 12 heavy (non-hydrogen) atoms. The number of aromatic nitrogens is 2. The molecule has 2 rings (SSSR count). The van der Waals surface area contributed by atoms with E-state index in [9.17, 15) is 0 Å². The lowest BCUT2D eigenvalue weighted by Gasteiger charge is -2.11. The van der Waals surface area contributed by atoms with Crippen LogP contribution < -0.4 is 5.73 Å². The molecule has 1 heterocycles. The average molecular weight is 186 g/mol. The van der Waals surface area contributed by atoms with Crippen molar-refractivity contribution in [3.63, 3.8) is 0 Å². The number of nitrogen functional groups attached to an aromatic ring is 1. The zero-order valence-corrected chi connectivity index (χ0v) is 7.75. The van der Waals surface area contributed by atoms with Gasteiger partial charge in [0.25, 0.3) is 0 Å². The van der Waals surface area contributed by atoms with Gasteiger partial charge in [0.2, 0.25) is 0 Å². The van der Waals surface area contributed by atoms with E-state index in [-0.39, 0.29) is 0 Å². The first-order chi connectivity index (χ1) is 5.70. The third-order valence-corrected chi connectivity index (χ3v) is 2.84. The van der Waals surface area contributed by atoms with E-state index in [2.05, 4.69) is 12.0 Å². The number of hydrogen-bond acceptors (Lipinski definition) is 2. The third-order valence-electron chi connectivity index (χ3n) is 2.45. The van der Waals surface area contributed by atoms with Gasteiger partial charge in [0, 0.05) is 0 Å². The van der Waals surface area contributed by atoms with E-state index >= 15 is 0 Å². The minimum atomic E-state index is 0.398. The van der Waals surface area contributed by atoms with E-state index in [0.717, 1.165) is 5.92 Å². The Hall–Kier alpha value is -0.700. The topological polar surface area (TPSA) is 43.8 Å². The maximum absolute atomic E-state index is 5.95. The van der Waals surface area contributed by atoms with Crippen LogP contribution >= 0.6 is 11.6 Å². The highest BCUT2D eigenvalue weighted by Crippen LogP contribution is 2.40. The van der Waals surface area contributed by atoms with Crippen molar-refractivity contribution < 1.29 is 0 Å². The predicted octanol–water partition coefficient (Wildman–Crippen LogP) is 2.09. The summed E-state index contributed by atoms with van der Waals surface area (Å²) in [5.41, 5.74) is 6.16. The van der Waals surface area contributed by atoms with Crippen molar-refractivity contribution in [2.24, 2.45) is 5.92 Å². The summed E-state index contributed by atoms with van der Waals surface area (Å²) >= 11 is 5.95. The average Bonchev–Trinajstić information content (AvgIpc) is 2.82. The van der Waals surface area contributed by atoms with Crippen molar-refractivity contribution in [3.8, 4) is 0 Å². The fraction of sp³-hybridized carbons (Fsp3) is 0.625. The van der Waals surface area contributed by atoms with E-state index in [4.69, 9.17) is 17.3 Å². The van der Waals surface area contributed by atoms with Gasteiger partial charge >= 0.3 is 0 Å². The van der Waals surface area contributed by atoms with Crippen LogP contribution in [-0.2, 0) is 0 Å². The molecule has 1 saturated carbocycles. The van der Waals surface area contributed by atoms with Crippen LogP contribution in [0.4, 0.5) is 5.69 Å². The molecule has 1 aromatic heterocycles. The van der Waals surface area contributed by atoms with Crippen molar-refractivity contribution in [1.29, 1.82) is 0 Å². The van der Waals surface area contributed by atoms with Gasteiger partial charge in [-0.25, -0.2) is 4.68 Å². The van der Waals surface area contributed by atoms with Gasteiger partial charge in [-0.15, -0.1) is 0 Å². The minimum absolute atomic E-state index is 0.398. The summed E-state index contributed by atoms with van der Waals surface area (Å²) in [6.07, 6.45) is 4.19. The molecular weight excluding hydrogens is 174 g/mol. The zero-order valence-electron chi connectivity index (χ0n) is 7.00. The second kappa shape index (κ2) is 2.66. The van der Waals surface area contributed by atoms with Crippen LogP contribution in [0.15, 0.2) is 6.20 Å². The molecule has 0 radical (unpaired) electrons. The molecule has 1 aliphatic carbocycles. The van der Waals surface area contributed by atoms with Crippen LogP contribution in [0.25, 0.3) is 0 Å². The van der Waals surface area contributed by atoms with E-state index in [0.29, 0.717) is 16.9 Å². The number of halogens is 1. The third kappa shape index (κ3) is 1.18. The Bertz CT molecular complexity index is 290. The normalized spacial score (nSPS) is 19.5. The van der Waals surface area contributed by atoms with Crippen LogP contribution in [0.2, 0.25) is 5.15 Å². The summed E-state index contributed by atoms with van der Waals surface area (Å²) in [6, 6.07) is 0.398. The molecule has 0 aromatic carbocycles. The largest absolute Gasteiger partial charge is 0.395 e. The van der Waals surface area contributed by atoms with Crippen LogP contribution in [0.5, 0.6) is 0 Å². The fourth-order valence-corrected chi connectivity index (χ4v) is 1.67. The second-order valence-electron chi connectivity index (χ2n) is 3.41. The summed E-state index contributed by atoms with van der Waals surface area (Å²) in [5.74, 6) is 0.752. The molecule has 1 aliphatic rings. The van der Waals surface area contributed by atoms with Crippen molar-refractivity contribution in [2.75, 3.05) is 5.73 Å². The molecule has 0 bridgehead atoms. The van der Waals surface area contributed by atoms with Gasteiger partial charge in [0.1, 0.15) is 5.15 Å². The van der Waals surface area contributed by atoms with Gasteiger partial charge < -0.3 is 5.73 Å². The summed E-state index contributed by atoms with van der Waals surface area (Å²) in [7, 11) is 0. The van der Waals surface area contributed by atoms with E-state index < -0.39 is 0 Å². The lowest BCUT2D eigenvalue weighted by molar-refractivity contribution is 0.441. The Balaban J connectivity index is 2.25. The number of rotatable bonds is 2. The summed E-state index contributed by atoms with van der Waals surface area (Å²) in [4.78, 5) is 0. The molecule has 1 unspecified atom stereocenters. The summed E-state index contributed by atoms with van der Waals surface area (Å²) in [5, 5.41) is 4.71. The first-order valence-corrected chi connectivity index (χ1v) is 4.56. The molecule has 0 aliphatic heterocycles. The highest BCUT2D eigenvalue weighted by atomic mass is 35.5. The van der Waals surface area contributed by atoms with Crippen LogP contribution in [0, 0.1) is 5.92 Å². The smallest absolute Gasteiger partial charge is 0.150 e. The molecule has 66 valence electrons. The molecule has 1 atom stereocenters.